The maximum absolute atomic E-state index is 12.7. The first-order valence-electron chi connectivity index (χ1n) is 9.06. The molecule has 1 aliphatic heterocycles. The standard InChI is InChI=1S/C21H25NO3S/c1-16-6-12-20(13-7-16)26(24,25)15-18-8-10-19(11-9-18)21(23)22-14-4-3-5-17(22)2/h6-13,17H,3-5,14-15H2,1-2H3/t17-/m0/s1. The number of amides is 1. The summed E-state index contributed by atoms with van der Waals surface area (Å²) in [6.07, 6.45) is 3.25. The first-order chi connectivity index (χ1) is 12.4. The van der Waals surface area contributed by atoms with Crippen LogP contribution in [0.5, 0.6) is 0 Å². The van der Waals surface area contributed by atoms with E-state index >= 15 is 0 Å². The summed E-state index contributed by atoms with van der Waals surface area (Å²) in [4.78, 5) is 14.9. The van der Waals surface area contributed by atoms with Gasteiger partial charge in [0.2, 0.25) is 0 Å². The number of nitrogens with zero attached hydrogens (tertiary/aromatic N) is 1. The van der Waals surface area contributed by atoms with Gasteiger partial charge in [-0.15, -0.1) is 0 Å². The van der Waals surface area contributed by atoms with Crippen LogP contribution in [0.1, 0.15) is 47.7 Å². The van der Waals surface area contributed by atoms with Crippen molar-refractivity contribution >= 4 is 15.7 Å². The second kappa shape index (κ2) is 7.62. The normalized spacial score (nSPS) is 17.9. The number of piperidine rings is 1. The van der Waals surface area contributed by atoms with Gasteiger partial charge in [-0.25, -0.2) is 8.42 Å². The molecule has 1 fully saturated rings. The van der Waals surface area contributed by atoms with Crippen LogP contribution in [0, 0.1) is 6.92 Å². The molecule has 0 aliphatic carbocycles. The molecule has 0 spiro atoms. The monoisotopic (exact) mass is 371 g/mol. The van der Waals surface area contributed by atoms with Crippen molar-refractivity contribution in [3.63, 3.8) is 0 Å². The highest BCUT2D eigenvalue weighted by atomic mass is 32.2. The van der Waals surface area contributed by atoms with Crippen molar-refractivity contribution in [2.75, 3.05) is 6.54 Å². The minimum absolute atomic E-state index is 0.0325. The van der Waals surface area contributed by atoms with Crippen LogP contribution in [0.2, 0.25) is 0 Å². The molecule has 5 heteroatoms. The van der Waals surface area contributed by atoms with Crippen molar-refractivity contribution in [1.29, 1.82) is 0 Å². The Labute approximate surface area is 155 Å². The number of likely N-dealkylation sites (tertiary alicyclic amines) is 1. The molecular weight excluding hydrogens is 346 g/mol. The Bertz CT molecular complexity index is 870. The average Bonchev–Trinajstić information content (AvgIpc) is 2.62. The zero-order valence-corrected chi connectivity index (χ0v) is 16.1. The summed E-state index contributed by atoms with van der Waals surface area (Å²) in [5.41, 5.74) is 2.34. The molecule has 0 saturated carbocycles. The van der Waals surface area contributed by atoms with Crippen LogP contribution in [-0.4, -0.2) is 31.8 Å². The Morgan fingerprint density at radius 3 is 2.31 bits per heavy atom. The van der Waals surface area contributed by atoms with Crippen molar-refractivity contribution in [3.05, 3.63) is 65.2 Å². The topological polar surface area (TPSA) is 54.5 Å². The lowest BCUT2D eigenvalue weighted by Gasteiger charge is -2.33. The molecule has 0 unspecified atom stereocenters. The fourth-order valence-electron chi connectivity index (χ4n) is 3.36. The fraction of sp³-hybridized carbons (Fsp3) is 0.381. The van der Waals surface area contributed by atoms with Crippen LogP contribution in [-0.2, 0) is 15.6 Å². The van der Waals surface area contributed by atoms with Crippen molar-refractivity contribution in [1.82, 2.24) is 4.90 Å². The summed E-state index contributed by atoms with van der Waals surface area (Å²) in [6.45, 7) is 4.80. The van der Waals surface area contributed by atoms with Crippen molar-refractivity contribution in [3.8, 4) is 0 Å². The van der Waals surface area contributed by atoms with Gasteiger partial charge in [-0.3, -0.25) is 4.79 Å². The van der Waals surface area contributed by atoms with Crippen LogP contribution in [0.25, 0.3) is 0 Å². The van der Waals surface area contributed by atoms with Gasteiger partial charge in [0.15, 0.2) is 9.84 Å². The van der Waals surface area contributed by atoms with Gasteiger partial charge < -0.3 is 4.90 Å². The SMILES string of the molecule is Cc1ccc(S(=O)(=O)Cc2ccc(C(=O)N3CCCC[C@@H]3C)cc2)cc1. The van der Waals surface area contributed by atoms with Crippen LogP contribution >= 0.6 is 0 Å². The summed E-state index contributed by atoms with van der Waals surface area (Å²) < 4.78 is 25.1. The number of aryl methyl sites for hydroxylation is 1. The van der Waals surface area contributed by atoms with Crippen LogP contribution in [0.4, 0.5) is 0 Å². The maximum atomic E-state index is 12.7. The number of benzene rings is 2. The second-order valence-corrected chi connectivity index (χ2v) is 9.10. The van der Waals surface area contributed by atoms with Crippen molar-refractivity contribution in [2.45, 2.75) is 49.8 Å². The molecule has 4 nitrogen and oxygen atoms in total. The van der Waals surface area contributed by atoms with Gasteiger partial charge in [0, 0.05) is 18.2 Å². The molecule has 3 rings (SSSR count). The molecule has 1 heterocycles. The summed E-state index contributed by atoms with van der Waals surface area (Å²) in [5.74, 6) is -0.0323. The number of hydrogen-bond acceptors (Lipinski definition) is 3. The van der Waals surface area contributed by atoms with E-state index in [1.54, 1.807) is 48.5 Å². The van der Waals surface area contributed by atoms with Gasteiger partial charge in [-0.05, 0) is 62.9 Å². The number of carbonyl (C=O) groups excluding carboxylic acids is 1. The minimum atomic E-state index is -3.39. The van der Waals surface area contributed by atoms with E-state index in [4.69, 9.17) is 0 Å². The van der Waals surface area contributed by atoms with Gasteiger partial charge in [0.05, 0.1) is 10.6 Å². The maximum Gasteiger partial charge on any atom is 0.254 e. The molecule has 1 amide bonds. The second-order valence-electron chi connectivity index (χ2n) is 7.11. The summed E-state index contributed by atoms with van der Waals surface area (Å²) in [6, 6.07) is 14.1. The molecule has 138 valence electrons. The van der Waals surface area contributed by atoms with Gasteiger partial charge in [0.1, 0.15) is 0 Å². The number of carbonyl (C=O) groups is 1. The van der Waals surface area contributed by atoms with Gasteiger partial charge >= 0.3 is 0 Å². The van der Waals surface area contributed by atoms with E-state index in [0.29, 0.717) is 16.0 Å². The molecule has 0 radical (unpaired) electrons. The molecule has 2 aromatic rings. The van der Waals surface area contributed by atoms with E-state index in [0.717, 1.165) is 24.9 Å². The molecule has 1 aliphatic rings. The lowest BCUT2D eigenvalue weighted by Crippen LogP contribution is -2.42. The van der Waals surface area contributed by atoms with Gasteiger partial charge in [-0.2, -0.15) is 0 Å². The molecule has 0 N–H and O–H groups in total. The molecular formula is C21H25NO3S. The molecule has 2 aromatic carbocycles. The predicted octanol–water partition coefficient (Wildman–Crippen LogP) is 3.98. The van der Waals surface area contributed by atoms with Crippen LogP contribution in [0.3, 0.4) is 0 Å². The minimum Gasteiger partial charge on any atom is -0.336 e. The fourth-order valence-corrected chi connectivity index (χ4v) is 4.71. The first-order valence-corrected chi connectivity index (χ1v) is 10.7. The van der Waals surface area contributed by atoms with Gasteiger partial charge in [0.25, 0.3) is 5.91 Å². The van der Waals surface area contributed by atoms with Crippen molar-refractivity contribution in [2.24, 2.45) is 0 Å². The highest BCUT2D eigenvalue weighted by molar-refractivity contribution is 7.90. The quantitative estimate of drug-likeness (QED) is 0.817. The lowest BCUT2D eigenvalue weighted by molar-refractivity contribution is 0.0635. The zero-order chi connectivity index (χ0) is 18.7. The lowest BCUT2D eigenvalue weighted by atomic mass is 10.0. The third-order valence-corrected chi connectivity index (χ3v) is 6.71. The molecule has 1 atom stereocenters. The third kappa shape index (κ3) is 4.15. The number of sulfone groups is 1. The zero-order valence-electron chi connectivity index (χ0n) is 15.3. The highest BCUT2D eigenvalue weighted by Gasteiger charge is 2.24. The third-order valence-electron chi connectivity index (χ3n) is 5.00. The molecule has 26 heavy (non-hydrogen) atoms. The van der Waals surface area contributed by atoms with E-state index in [1.807, 2.05) is 11.8 Å². The Morgan fingerprint density at radius 1 is 1.04 bits per heavy atom. The Morgan fingerprint density at radius 2 is 1.69 bits per heavy atom. The summed E-state index contributed by atoms with van der Waals surface area (Å²) in [7, 11) is -3.39. The van der Waals surface area contributed by atoms with Crippen molar-refractivity contribution < 1.29 is 13.2 Å². The summed E-state index contributed by atoms with van der Waals surface area (Å²) in [5, 5.41) is 0. The molecule has 0 aromatic heterocycles. The van der Waals surface area contributed by atoms with Crippen LogP contribution < -0.4 is 0 Å². The average molecular weight is 372 g/mol. The molecule has 1 saturated heterocycles. The highest BCUT2D eigenvalue weighted by Crippen LogP contribution is 2.21. The molecule has 0 bridgehead atoms. The van der Waals surface area contributed by atoms with E-state index in [9.17, 15) is 13.2 Å². The first kappa shape index (κ1) is 18.6. The van der Waals surface area contributed by atoms with E-state index in [-0.39, 0.29) is 17.7 Å². The van der Waals surface area contributed by atoms with Gasteiger partial charge in [-0.1, -0.05) is 29.8 Å². The predicted molar refractivity (Wildman–Crippen MR) is 103 cm³/mol. The Kier molecular flexibility index (Phi) is 5.47. The Balaban J connectivity index is 1.73. The largest absolute Gasteiger partial charge is 0.336 e. The Hall–Kier alpha value is -2.14. The van der Waals surface area contributed by atoms with E-state index in [1.165, 1.54) is 6.42 Å². The smallest absolute Gasteiger partial charge is 0.254 e. The van der Waals surface area contributed by atoms with Crippen LogP contribution in [0.15, 0.2) is 53.4 Å². The van der Waals surface area contributed by atoms with E-state index < -0.39 is 9.84 Å². The number of rotatable bonds is 4. The summed E-state index contributed by atoms with van der Waals surface area (Å²) >= 11 is 0. The number of hydrogen-bond donors (Lipinski definition) is 0. The van der Waals surface area contributed by atoms with E-state index in [2.05, 4.69) is 6.92 Å².